The highest BCUT2D eigenvalue weighted by molar-refractivity contribution is 5.93. The Morgan fingerprint density at radius 1 is 1.23 bits per heavy atom. The fourth-order valence-corrected chi connectivity index (χ4v) is 3.04. The average Bonchev–Trinajstić information content (AvgIpc) is 2.84. The number of rotatable bonds is 1. The number of nitrogen functional groups attached to an aromatic ring is 1. The first-order valence-electron chi connectivity index (χ1n) is 7.38. The fraction of sp³-hybridized carbons (Fsp3) is 0.176. The maximum absolute atomic E-state index is 5.64. The molecule has 0 amide bonds. The molecule has 0 bridgehead atoms. The molecule has 5 nitrogen and oxygen atoms in total. The van der Waals surface area contributed by atoms with Gasteiger partial charge in [0.15, 0.2) is 0 Å². The average molecular weight is 291 g/mol. The fourth-order valence-electron chi connectivity index (χ4n) is 3.04. The van der Waals surface area contributed by atoms with Crippen LogP contribution in [0.4, 0.5) is 5.95 Å². The van der Waals surface area contributed by atoms with E-state index in [0.717, 1.165) is 47.2 Å². The van der Waals surface area contributed by atoms with Gasteiger partial charge in [-0.25, -0.2) is 4.98 Å². The van der Waals surface area contributed by atoms with Gasteiger partial charge in [-0.05, 0) is 24.0 Å². The maximum atomic E-state index is 5.64. The molecule has 4 N–H and O–H groups in total. The van der Waals surface area contributed by atoms with Gasteiger partial charge in [-0.15, -0.1) is 0 Å². The smallest absolute Gasteiger partial charge is 0.221 e. The number of benzene rings is 1. The molecule has 110 valence electrons. The molecule has 3 heterocycles. The summed E-state index contributed by atoms with van der Waals surface area (Å²) in [5.41, 5.74) is 12.2. The Morgan fingerprint density at radius 2 is 2.14 bits per heavy atom. The first kappa shape index (κ1) is 12.9. The van der Waals surface area contributed by atoms with Crippen LogP contribution in [0.25, 0.3) is 27.9 Å². The lowest BCUT2D eigenvalue weighted by Gasteiger charge is -2.10. The van der Waals surface area contributed by atoms with Crippen molar-refractivity contribution in [1.29, 1.82) is 0 Å². The van der Waals surface area contributed by atoms with Crippen molar-refractivity contribution in [2.75, 3.05) is 12.3 Å². The van der Waals surface area contributed by atoms with E-state index in [1.54, 1.807) is 6.20 Å². The molecule has 3 aromatic rings. The molecule has 4 rings (SSSR count). The van der Waals surface area contributed by atoms with E-state index in [4.69, 9.17) is 5.73 Å². The first-order chi connectivity index (χ1) is 10.7. The molecular weight excluding hydrogens is 274 g/mol. The number of fused-ring (bicyclic) bond motifs is 2. The van der Waals surface area contributed by atoms with Gasteiger partial charge in [0.05, 0.1) is 0 Å². The SMILES string of the molecule is C=C1NCCCc2cc(-c3c[nH]c4nc(N)ncc34)ccc21. The maximum Gasteiger partial charge on any atom is 0.221 e. The summed E-state index contributed by atoms with van der Waals surface area (Å²) in [5.74, 6) is 0.283. The molecule has 5 heteroatoms. The van der Waals surface area contributed by atoms with Crippen LogP contribution in [-0.2, 0) is 6.42 Å². The summed E-state index contributed by atoms with van der Waals surface area (Å²) >= 11 is 0. The summed E-state index contributed by atoms with van der Waals surface area (Å²) in [6, 6.07) is 6.50. The van der Waals surface area contributed by atoms with E-state index in [9.17, 15) is 0 Å². The Hall–Kier alpha value is -2.82. The number of anilines is 1. The highest BCUT2D eigenvalue weighted by atomic mass is 15.0. The van der Waals surface area contributed by atoms with Gasteiger partial charge in [-0.1, -0.05) is 24.8 Å². The van der Waals surface area contributed by atoms with Crippen molar-refractivity contribution in [3.63, 3.8) is 0 Å². The number of hydrogen-bond acceptors (Lipinski definition) is 4. The Labute approximate surface area is 128 Å². The number of aryl methyl sites for hydroxylation is 1. The lowest BCUT2D eigenvalue weighted by Crippen LogP contribution is -2.10. The standard InChI is InChI=1S/C17H17N5/c1-10-13-5-4-12(7-11(13)3-2-6-19-10)14-8-20-16-15(14)9-21-17(18)22-16/h4-5,7-9,19H,1-3,6H2,(H3,18,20,21,22). The van der Waals surface area contributed by atoms with E-state index in [1.807, 2.05) is 6.20 Å². The predicted molar refractivity (Wildman–Crippen MR) is 89.1 cm³/mol. The second kappa shape index (κ2) is 4.87. The lowest BCUT2D eigenvalue weighted by molar-refractivity contribution is 0.783. The highest BCUT2D eigenvalue weighted by Crippen LogP contribution is 2.31. The minimum absolute atomic E-state index is 0.283. The normalized spacial score (nSPS) is 14.5. The van der Waals surface area contributed by atoms with Crippen molar-refractivity contribution in [3.05, 3.63) is 48.3 Å². The summed E-state index contributed by atoms with van der Waals surface area (Å²) in [6.45, 7) is 5.09. The molecule has 0 aliphatic carbocycles. The monoisotopic (exact) mass is 291 g/mol. The van der Waals surface area contributed by atoms with Crippen LogP contribution in [0.3, 0.4) is 0 Å². The van der Waals surface area contributed by atoms with Gasteiger partial charge in [0, 0.05) is 41.1 Å². The number of aromatic nitrogens is 3. The quantitative estimate of drug-likeness (QED) is 0.644. The second-order valence-electron chi connectivity index (χ2n) is 5.57. The largest absolute Gasteiger partial charge is 0.385 e. The number of H-pyrrole nitrogens is 1. The molecule has 1 aliphatic heterocycles. The molecular formula is C17H17N5. The molecule has 0 fully saturated rings. The zero-order valence-electron chi connectivity index (χ0n) is 12.2. The molecule has 1 aliphatic rings. The zero-order chi connectivity index (χ0) is 15.1. The predicted octanol–water partition coefficient (Wildman–Crippen LogP) is 2.71. The molecule has 2 aromatic heterocycles. The van der Waals surface area contributed by atoms with Crippen LogP contribution < -0.4 is 11.1 Å². The van der Waals surface area contributed by atoms with E-state index in [1.165, 1.54) is 11.1 Å². The van der Waals surface area contributed by atoms with Gasteiger partial charge in [-0.2, -0.15) is 4.98 Å². The number of nitrogens with zero attached hydrogens (tertiary/aromatic N) is 2. The van der Waals surface area contributed by atoms with Crippen LogP contribution in [0, 0.1) is 0 Å². The Bertz CT molecular complexity index is 878. The zero-order valence-corrected chi connectivity index (χ0v) is 12.2. The molecule has 1 aromatic carbocycles. The number of nitrogens with two attached hydrogens (primary N) is 1. The molecule has 22 heavy (non-hydrogen) atoms. The van der Waals surface area contributed by atoms with Gasteiger partial charge in [0.25, 0.3) is 0 Å². The van der Waals surface area contributed by atoms with Crippen molar-refractivity contribution < 1.29 is 0 Å². The summed E-state index contributed by atoms with van der Waals surface area (Å²) < 4.78 is 0. The third-order valence-corrected chi connectivity index (χ3v) is 4.15. The molecule has 0 saturated carbocycles. The van der Waals surface area contributed by atoms with Gasteiger partial charge < -0.3 is 16.0 Å². The van der Waals surface area contributed by atoms with Crippen LogP contribution in [0.1, 0.15) is 17.5 Å². The molecule has 0 unspecified atom stereocenters. The van der Waals surface area contributed by atoms with Crippen LogP contribution in [0.2, 0.25) is 0 Å². The van der Waals surface area contributed by atoms with Crippen LogP contribution in [-0.4, -0.2) is 21.5 Å². The van der Waals surface area contributed by atoms with Crippen molar-refractivity contribution >= 4 is 22.7 Å². The van der Waals surface area contributed by atoms with Crippen molar-refractivity contribution in [1.82, 2.24) is 20.3 Å². The van der Waals surface area contributed by atoms with Gasteiger partial charge >= 0.3 is 0 Å². The summed E-state index contributed by atoms with van der Waals surface area (Å²) in [4.78, 5) is 11.5. The van der Waals surface area contributed by atoms with E-state index in [2.05, 4.69) is 45.0 Å². The molecule has 0 saturated heterocycles. The summed E-state index contributed by atoms with van der Waals surface area (Å²) in [6.07, 6.45) is 5.91. The molecule has 0 spiro atoms. The minimum atomic E-state index is 0.283. The van der Waals surface area contributed by atoms with Crippen LogP contribution in [0.15, 0.2) is 37.2 Å². The first-order valence-corrected chi connectivity index (χ1v) is 7.38. The summed E-state index contributed by atoms with van der Waals surface area (Å²) in [7, 11) is 0. The number of nitrogens with one attached hydrogen (secondary N) is 2. The van der Waals surface area contributed by atoms with Gasteiger partial charge in [0.2, 0.25) is 5.95 Å². The van der Waals surface area contributed by atoms with Gasteiger partial charge in [0.1, 0.15) is 5.65 Å². The minimum Gasteiger partial charge on any atom is -0.385 e. The Morgan fingerprint density at radius 3 is 3.05 bits per heavy atom. The van der Waals surface area contributed by atoms with Gasteiger partial charge in [-0.3, -0.25) is 0 Å². The van der Waals surface area contributed by atoms with E-state index in [0.29, 0.717) is 0 Å². The topological polar surface area (TPSA) is 79.6 Å². The van der Waals surface area contributed by atoms with Crippen molar-refractivity contribution in [2.24, 2.45) is 0 Å². The molecule has 0 atom stereocenters. The van der Waals surface area contributed by atoms with E-state index >= 15 is 0 Å². The van der Waals surface area contributed by atoms with Crippen molar-refractivity contribution in [3.8, 4) is 11.1 Å². The Balaban J connectivity index is 1.85. The molecule has 0 radical (unpaired) electrons. The van der Waals surface area contributed by atoms with Crippen LogP contribution in [0.5, 0.6) is 0 Å². The van der Waals surface area contributed by atoms with Crippen molar-refractivity contribution in [2.45, 2.75) is 12.8 Å². The number of hydrogen-bond donors (Lipinski definition) is 3. The third kappa shape index (κ3) is 2.02. The second-order valence-corrected chi connectivity index (χ2v) is 5.57. The van der Waals surface area contributed by atoms with E-state index in [-0.39, 0.29) is 5.95 Å². The third-order valence-electron chi connectivity index (χ3n) is 4.15. The highest BCUT2D eigenvalue weighted by Gasteiger charge is 2.14. The number of aromatic amines is 1. The van der Waals surface area contributed by atoms with E-state index < -0.39 is 0 Å². The Kier molecular flexibility index (Phi) is 2.85. The summed E-state index contributed by atoms with van der Waals surface area (Å²) in [5, 5.41) is 4.34. The van der Waals surface area contributed by atoms with Crippen LogP contribution >= 0.6 is 0 Å². The lowest BCUT2D eigenvalue weighted by atomic mass is 9.96.